The van der Waals surface area contributed by atoms with E-state index in [1.165, 1.54) is 10.6 Å². The molecule has 22 heavy (non-hydrogen) atoms. The Morgan fingerprint density at radius 2 is 1.18 bits per heavy atom. The maximum Gasteiger partial charge on any atom is 0.0255 e. The van der Waals surface area contributed by atoms with Crippen molar-refractivity contribution < 1.29 is 8.76 Å². The summed E-state index contributed by atoms with van der Waals surface area (Å²) in [6.07, 6.45) is 0. The minimum Gasteiger partial charge on any atom is -0.768 e. The van der Waals surface area contributed by atoms with E-state index in [0.29, 0.717) is 4.90 Å². The Labute approximate surface area is 133 Å². The van der Waals surface area contributed by atoms with Gasteiger partial charge in [0.25, 0.3) is 0 Å². The van der Waals surface area contributed by atoms with Gasteiger partial charge in [0.2, 0.25) is 0 Å². The highest BCUT2D eigenvalue weighted by atomic mass is 32.2. The summed E-state index contributed by atoms with van der Waals surface area (Å²) in [7, 11) is -0.760. The van der Waals surface area contributed by atoms with Gasteiger partial charge in [-0.15, -0.1) is 0 Å². The number of rotatable bonds is 4. The van der Waals surface area contributed by atoms with Gasteiger partial charge in [-0.1, -0.05) is 72.8 Å². The molecule has 3 aromatic carbocycles. The summed E-state index contributed by atoms with van der Waals surface area (Å²) in [6.45, 7) is 0. The summed E-state index contributed by atoms with van der Waals surface area (Å²) in [5.41, 5.74) is 0. The topological polar surface area (TPSA) is 40.1 Å². The van der Waals surface area contributed by atoms with E-state index >= 15 is 0 Å². The van der Waals surface area contributed by atoms with Crippen LogP contribution in [0.4, 0.5) is 0 Å². The molecular weight excluding hydrogens is 311 g/mol. The first-order valence-corrected chi connectivity index (χ1v) is 9.27. The van der Waals surface area contributed by atoms with Crippen LogP contribution in [-0.2, 0) is 11.1 Å². The Bertz CT molecular complexity index is 736. The third kappa shape index (κ3) is 3.33. The van der Waals surface area contributed by atoms with Crippen molar-refractivity contribution in [3.63, 3.8) is 0 Å². The highest BCUT2D eigenvalue weighted by molar-refractivity contribution is 7.80. The number of hydrogen-bond donors (Lipinski definition) is 0. The molecule has 0 aliphatic carbocycles. The van der Waals surface area contributed by atoms with Crippen molar-refractivity contribution in [3.8, 4) is 0 Å². The molecule has 0 radical (unpaired) electrons. The van der Waals surface area contributed by atoms with Crippen LogP contribution in [0.1, 0.15) is 0 Å². The largest absolute Gasteiger partial charge is 0.768 e. The lowest BCUT2D eigenvalue weighted by Crippen LogP contribution is -2.20. The Balaban J connectivity index is 2.14. The van der Waals surface area contributed by atoms with Gasteiger partial charge in [-0.3, -0.25) is 4.21 Å². The second-order valence-corrected chi connectivity index (χ2v) is 7.90. The molecule has 0 saturated heterocycles. The molecule has 0 aliphatic rings. The summed E-state index contributed by atoms with van der Waals surface area (Å²) < 4.78 is 22.5. The predicted molar refractivity (Wildman–Crippen MR) is 92.3 cm³/mol. The lowest BCUT2D eigenvalue weighted by Gasteiger charge is -2.20. The van der Waals surface area contributed by atoms with Crippen LogP contribution in [0, 0.1) is 0 Å². The van der Waals surface area contributed by atoms with Crippen molar-refractivity contribution >= 4 is 34.9 Å². The molecule has 0 aromatic heterocycles. The first kappa shape index (κ1) is 15.1. The van der Waals surface area contributed by atoms with Crippen LogP contribution in [0.2, 0.25) is 0 Å². The van der Waals surface area contributed by atoms with Gasteiger partial charge in [0.05, 0.1) is 0 Å². The van der Waals surface area contributed by atoms with Gasteiger partial charge in [0.15, 0.2) is 0 Å². The molecule has 1 atom stereocenters. The molecule has 0 N–H and O–H groups in total. The van der Waals surface area contributed by atoms with Crippen LogP contribution in [0.3, 0.4) is 0 Å². The maximum atomic E-state index is 11.3. The Kier molecular flexibility index (Phi) is 4.79. The molecular formula is C18H14O2PS-. The fraction of sp³-hybridized carbons (Fsp3) is 0. The molecule has 110 valence electrons. The standard InChI is InChI=1S/C18H15O2PS/c19-22(20)18-13-7-12-17(14-18)21(15-8-3-1-4-9-15)16-10-5-2-6-11-16/h1-14H,(H,19,20)/p-1. The van der Waals surface area contributed by atoms with Gasteiger partial charge in [0.1, 0.15) is 0 Å². The van der Waals surface area contributed by atoms with E-state index in [0.717, 1.165) is 5.30 Å². The zero-order valence-electron chi connectivity index (χ0n) is 11.8. The van der Waals surface area contributed by atoms with E-state index in [1.54, 1.807) is 12.1 Å². The fourth-order valence-corrected chi connectivity index (χ4v) is 5.17. The fourth-order valence-electron chi connectivity index (χ4n) is 2.33. The maximum absolute atomic E-state index is 11.3. The van der Waals surface area contributed by atoms with Gasteiger partial charge in [0, 0.05) is 4.90 Å². The van der Waals surface area contributed by atoms with E-state index in [4.69, 9.17) is 0 Å². The van der Waals surface area contributed by atoms with E-state index < -0.39 is 19.0 Å². The molecule has 0 aliphatic heterocycles. The van der Waals surface area contributed by atoms with Gasteiger partial charge < -0.3 is 4.55 Å². The molecule has 0 bridgehead atoms. The average Bonchev–Trinajstić information content (AvgIpc) is 2.57. The van der Waals surface area contributed by atoms with E-state index in [-0.39, 0.29) is 0 Å². The monoisotopic (exact) mass is 325 g/mol. The predicted octanol–water partition coefficient (Wildman–Crippen LogP) is 2.68. The van der Waals surface area contributed by atoms with Gasteiger partial charge in [-0.2, -0.15) is 0 Å². The zero-order chi connectivity index (χ0) is 15.4. The van der Waals surface area contributed by atoms with Crippen LogP contribution in [-0.4, -0.2) is 8.76 Å². The van der Waals surface area contributed by atoms with E-state index in [1.807, 2.05) is 48.5 Å². The smallest absolute Gasteiger partial charge is 0.0255 e. The lowest BCUT2D eigenvalue weighted by molar-refractivity contribution is 0.537. The van der Waals surface area contributed by atoms with Gasteiger partial charge in [-0.05, 0) is 47.0 Å². The third-order valence-electron chi connectivity index (χ3n) is 3.30. The summed E-state index contributed by atoms with van der Waals surface area (Å²) in [5, 5.41) is 3.45. The van der Waals surface area contributed by atoms with Crippen LogP contribution in [0.15, 0.2) is 89.8 Å². The third-order valence-corrected chi connectivity index (χ3v) is 6.36. The first-order valence-electron chi connectivity index (χ1n) is 6.85. The Morgan fingerprint density at radius 1 is 0.682 bits per heavy atom. The van der Waals surface area contributed by atoms with Crippen LogP contribution in [0.5, 0.6) is 0 Å². The SMILES string of the molecule is O=S([O-])c1cccc(P(c2ccccc2)c2ccccc2)c1. The van der Waals surface area contributed by atoms with E-state index in [9.17, 15) is 8.76 Å². The molecule has 0 heterocycles. The quantitative estimate of drug-likeness (QED) is 0.546. The van der Waals surface area contributed by atoms with Crippen molar-refractivity contribution in [3.05, 3.63) is 84.9 Å². The van der Waals surface area contributed by atoms with Crippen LogP contribution >= 0.6 is 7.92 Å². The van der Waals surface area contributed by atoms with Crippen molar-refractivity contribution in [1.82, 2.24) is 0 Å². The molecule has 2 nitrogen and oxygen atoms in total. The molecule has 3 rings (SSSR count). The summed E-state index contributed by atoms with van der Waals surface area (Å²) in [6, 6.07) is 27.6. The van der Waals surface area contributed by atoms with Crippen molar-refractivity contribution in [2.24, 2.45) is 0 Å². The molecule has 0 fully saturated rings. The summed E-state index contributed by atoms with van der Waals surface area (Å²) in [4.78, 5) is 0.330. The van der Waals surface area contributed by atoms with Crippen molar-refractivity contribution in [2.45, 2.75) is 4.90 Å². The highest BCUT2D eigenvalue weighted by Gasteiger charge is 2.16. The van der Waals surface area contributed by atoms with E-state index in [2.05, 4.69) is 24.3 Å². The molecule has 0 amide bonds. The molecule has 0 spiro atoms. The zero-order valence-corrected chi connectivity index (χ0v) is 13.5. The Hall–Kier alpha value is -1.80. The second kappa shape index (κ2) is 6.97. The second-order valence-electron chi connectivity index (χ2n) is 4.74. The van der Waals surface area contributed by atoms with Crippen LogP contribution in [0.25, 0.3) is 0 Å². The normalized spacial score (nSPS) is 12.3. The van der Waals surface area contributed by atoms with Crippen molar-refractivity contribution in [1.29, 1.82) is 0 Å². The highest BCUT2D eigenvalue weighted by Crippen LogP contribution is 2.32. The number of hydrogen-bond acceptors (Lipinski definition) is 2. The lowest BCUT2D eigenvalue weighted by atomic mass is 10.3. The Morgan fingerprint density at radius 3 is 1.68 bits per heavy atom. The average molecular weight is 325 g/mol. The summed E-state index contributed by atoms with van der Waals surface area (Å²) in [5.74, 6) is 0. The summed E-state index contributed by atoms with van der Waals surface area (Å²) >= 11 is -2.21. The minimum atomic E-state index is -2.21. The van der Waals surface area contributed by atoms with Crippen LogP contribution < -0.4 is 15.9 Å². The molecule has 1 unspecified atom stereocenters. The minimum absolute atomic E-state index is 0.330. The van der Waals surface area contributed by atoms with Crippen molar-refractivity contribution in [2.75, 3.05) is 0 Å². The molecule has 4 heteroatoms. The molecule has 3 aromatic rings. The molecule has 0 saturated carbocycles. The van der Waals surface area contributed by atoms with Gasteiger partial charge in [-0.25, -0.2) is 0 Å². The van der Waals surface area contributed by atoms with Gasteiger partial charge >= 0.3 is 0 Å². The number of benzene rings is 3. The first-order chi connectivity index (χ1) is 10.8.